The molecule has 0 saturated heterocycles. The van der Waals surface area contributed by atoms with Crippen LogP contribution in [0.3, 0.4) is 0 Å². The second kappa shape index (κ2) is 5.78. The van der Waals surface area contributed by atoms with E-state index in [0.29, 0.717) is 6.04 Å². The van der Waals surface area contributed by atoms with E-state index in [1.54, 1.807) is 4.88 Å². The molecule has 90 valence electrons. The molecule has 2 rings (SSSR count). The van der Waals surface area contributed by atoms with Gasteiger partial charge in [-0.15, -0.1) is 11.3 Å². The van der Waals surface area contributed by atoms with Crippen LogP contribution in [0.4, 0.5) is 0 Å². The third-order valence-corrected chi connectivity index (χ3v) is 4.46. The Morgan fingerprint density at radius 3 is 2.81 bits per heavy atom. The largest absolute Gasteiger partial charge is 0.308 e. The number of fused-ring (bicyclic) bond motifs is 1. The molecular weight excluding hydrogens is 216 g/mol. The Hall–Kier alpha value is -0.410. The van der Waals surface area contributed by atoms with Gasteiger partial charge in [0.15, 0.2) is 0 Å². The van der Waals surface area contributed by atoms with Gasteiger partial charge in [0.05, 0.1) is 11.7 Å². The zero-order valence-electron chi connectivity index (χ0n) is 10.4. The zero-order chi connectivity index (χ0) is 11.4. The average molecular weight is 238 g/mol. The molecule has 0 spiro atoms. The second-order valence-electron chi connectivity index (χ2n) is 4.53. The summed E-state index contributed by atoms with van der Waals surface area (Å²) in [5, 5.41) is 4.89. The molecule has 0 amide bonds. The quantitative estimate of drug-likeness (QED) is 0.849. The van der Waals surface area contributed by atoms with Crippen LogP contribution in [0.25, 0.3) is 0 Å². The molecule has 0 saturated carbocycles. The molecule has 1 N–H and O–H groups in total. The molecule has 1 heterocycles. The van der Waals surface area contributed by atoms with E-state index in [1.165, 1.54) is 49.2 Å². The van der Waals surface area contributed by atoms with Gasteiger partial charge in [0.25, 0.3) is 0 Å². The van der Waals surface area contributed by atoms with Crippen molar-refractivity contribution in [3.63, 3.8) is 0 Å². The minimum absolute atomic E-state index is 0.491. The Labute approximate surface area is 102 Å². The van der Waals surface area contributed by atoms with E-state index >= 15 is 0 Å². The van der Waals surface area contributed by atoms with E-state index in [1.807, 2.05) is 11.3 Å². The number of hydrogen-bond donors (Lipinski definition) is 1. The molecule has 0 bridgehead atoms. The minimum atomic E-state index is 0.491. The lowest BCUT2D eigenvalue weighted by atomic mass is 10.0. The maximum absolute atomic E-state index is 4.84. The summed E-state index contributed by atoms with van der Waals surface area (Å²) in [6, 6.07) is 0.491. The Bertz CT molecular complexity index is 303. The molecule has 16 heavy (non-hydrogen) atoms. The molecule has 1 aromatic rings. The summed E-state index contributed by atoms with van der Waals surface area (Å²) < 4.78 is 0. The van der Waals surface area contributed by atoms with Crippen LogP contribution in [0.2, 0.25) is 0 Å². The Morgan fingerprint density at radius 2 is 2.12 bits per heavy atom. The van der Waals surface area contributed by atoms with Crippen LogP contribution in [0.15, 0.2) is 0 Å². The molecule has 1 unspecified atom stereocenters. The second-order valence-corrected chi connectivity index (χ2v) is 5.64. The monoisotopic (exact) mass is 238 g/mol. The van der Waals surface area contributed by atoms with E-state index in [4.69, 9.17) is 4.98 Å². The van der Waals surface area contributed by atoms with Crippen LogP contribution >= 0.6 is 11.3 Å². The van der Waals surface area contributed by atoms with Crippen LogP contribution in [0.5, 0.6) is 0 Å². The Kier molecular flexibility index (Phi) is 4.36. The average Bonchev–Trinajstić information content (AvgIpc) is 2.72. The van der Waals surface area contributed by atoms with Gasteiger partial charge in [0.2, 0.25) is 0 Å². The van der Waals surface area contributed by atoms with Gasteiger partial charge in [-0.05, 0) is 38.6 Å². The van der Waals surface area contributed by atoms with Crippen LogP contribution in [-0.2, 0) is 12.8 Å². The fourth-order valence-electron chi connectivity index (χ4n) is 2.37. The van der Waals surface area contributed by atoms with Gasteiger partial charge in [-0.1, -0.05) is 20.3 Å². The molecule has 0 aromatic carbocycles. The topological polar surface area (TPSA) is 24.9 Å². The van der Waals surface area contributed by atoms with Crippen molar-refractivity contribution in [1.82, 2.24) is 10.3 Å². The lowest BCUT2D eigenvalue weighted by molar-refractivity contribution is 0.505. The predicted octanol–water partition coefficient (Wildman–Crippen LogP) is 3.47. The first-order chi connectivity index (χ1) is 7.85. The predicted molar refractivity (Wildman–Crippen MR) is 70.1 cm³/mol. The summed E-state index contributed by atoms with van der Waals surface area (Å²) >= 11 is 1.95. The summed E-state index contributed by atoms with van der Waals surface area (Å²) in [5.74, 6) is 0. The van der Waals surface area contributed by atoms with Crippen molar-refractivity contribution < 1.29 is 0 Å². The van der Waals surface area contributed by atoms with Crippen LogP contribution < -0.4 is 5.32 Å². The first-order valence-corrected chi connectivity index (χ1v) is 7.38. The van der Waals surface area contributed by atoms with Gasteiger partial charge in [-0.3, -0.25) is 0 Å². The molecule has 1 aromatic heterocycles. The first-order valence-electron chi connectivity index (χ1n) is 6.57. The van der Waals surface area contributed by atoms with Crippen molar-refractivity contribution in [1.29, 1.82) is 0 Å². The highest BCUT2D eigenvalue weighted by Gasteiger charge is 2.19. The summed E-state index contributed by atoms with van der Waals surface area (Å²) in [7, 11) is 0. The van der Waals surface area contributed by atoms with E-state index in [0.717, 1.165) is 6.54 Å². The van der Waals surface area contributed by atoms with Gasteiger partial charge in [0.1, 0.15) is 5.01 Å². The van der Waals surface area contributed by atoms with Crippen molar-refractivity contribution in [3.8, 4) is 0 Å². The van der Waals surface area contributed by atoms with Gasteiger partial charge in [-0.25, -0.2) is 4.98 Å². The van der Waals surface area contributed by atoms with Crippen molar-refractivity contribution in [2.45, 2.75) is 58.4 Å². The SMILES string of the molecule is CCCC(NCC)c1nc2c(s1)CCCC2. The highest BCUT2D eigenvalue weighted by atomic mass is 32.1. The van der Waals surface area contributed by atoms with Gasteiger partial charge in [-0.2, -0.15) is 0 Å². The molecule has 1 aliphatic rings. The standard InChI is InChI=1S/C13H22N2S/c1-3-7-11(14-4-2)13-15-10-8-5-6-9-12(10)16-13/h11,14H,3-9H2,1-2H3. The summed E-state index contributed by atoms with van der Waals surface area (Å²) in [6.07, 6.45) is 7.58. The van der Waals surface area contributed by atoms with Crippen molar-refractivity contribution in [2.75, 3.05) is 6.54 Å². The molecule has 3 heteroatoms. The molecule has 0 aliphatic heterocycles. The third kappa shape index (κ3) is 2.64. The number of hydrogen-bond acceptors (Lipinski definition) is 3. The fourth-order valence-corrected chi connectivity index (χ4v) is 3.63. The first kappa shape index (κ1) is 12.1. The van der Waals surface area contributed by atoms with Crippen LogP contribution in [0, 0.1) is 0 Å². The van der Waals surface area contributed by atoms with Gasteiger partial charge < -0.3 is 5.32 Å². The van der Waals surface area contributed by atoms with Gasteiger partial charge >= 0.3 is 0 Å². The Balaban J connectivity index is 2.14. The van der Waals surface area contributed by atoms with E-state index in [-0.39, 0.29) is 0 Å². The summed E-state index contributed by atoms with van der Waals surface area (Å²) in [6.45, 7) is 5.46. The Morgan fingerprint density at radius 1 is 1.31 bits per heavy atom. The normalized spacial score (nSPS) is 17.1. The molecule has 1 aliphatic carbocycles. The van der Waals surface area contributed by atoms with Crippen molar-refractivity contribution >= 4 is 11.3 Å². The van der Waals surface area contributed by atoms with E-state index < -0.39 is 0 Å². The van der Waals surface area contributed by atoms with Crippen molar-refractivity contribution in [3.05, 3.63) is 15.6 Å². The number of thiazole rings is 1. The fraction of sp³-hybridized carbons (Fsp3) is 0.769. The molecule has 2 nitrogen and oxygen atoms in total. The summed E-state index contributed by atoms with van der Waals surface area (Å²) in [4.78, 5) is 6.40. The van der Waals surface area contributed by atoms with E-state index in [9.17, 15) is 0 Å². The molecule has 0 fully saturated rings. The number of nitrogens with one attached hydrogen (secondary N) is 1. The van der Waals surface area contributed by atoms with Gasteiger partial charge in [0, 0.05) is 4.88 Å². The zero-order valence-corrected chi connectivity index (χ0v) is 11.2. The minimum Gasteiger partial charge on any atom is -0.308 e. The maximum atomic E-state index is 4.84. The smallest absolute Gasteiger partial charge is 0.110 e. The third-order valence-electron chi connectivity index (χ3n) is 3.19. The van der Waals surface area contributed by atoms with Crippen molar-refractivity contribution in [2.24, 2.45) is 0 Å². The van der Waals surface area contributed by atoms with E-state index in [2.05, 4.69) is 19.2 Å². The lowest BCUT2D eigenvalue weighted by Crippen LogP contribution is -2.20. The lowest BCUT2D eigenvalue weighted by Gasteiger charge is -2.13. The molecule has 1 atom stereocenters. The highest BCUT2D eigenvalue weighted by Crippen LogP contribution is 2.31. The molecule has 0 radical (unpaired) electrons. The maximum Gasteiger partial charge on any atom is 0.110 e. The van der Waals surface area contributed by atoms with Crippen LogP contribution in [-0.4, -0.2) is 11.5 Å². The number of aromatic nitrogens is 1. The number of rotatable bonds is 5. The summed E-state index contributed by atoms with van der Waals surface area (Å²) in [5.41, 5.74) is 1.39. The number of aryl methyl sites for hydroxylation is 2. The molecular formula is C13H22N2S. The number of nitrogens with zero attached hydrogens (tertiary/aromatic N) is 1. The highest BCUT2D eigenvalue weighted by molar-refractivity contribution is 7.11. The van der Waals surface area contributed by atoms with Crippen LogP contribution in [0.1, 0.15) is 61.2 Å².